The minimum atomic E-state index is 0. The number of aliphatic hydroxyl groups excluding tert-OH is 1. The number of allylic oxidation sites excluding steroid dienone is 2. The van der Waals surface area contributed by atoms with Crippen molar-refractivity contribution in [2.75, 3.05) is 0 Å². The van der Waals surface area contributed by atoms with Crippen LogP contribution in [-0.2, 0) is 24.9 Å². The number of pyridine rings is 1. The van der Waals surface area contributed by atoms with Gasteiger partial charge in [-0.25, -0.2) is 0 Å². The first kappa shape index (κ1) is 32.6. The number of carbonyl (C=O) groups is 1. The van der Waals surface area contributed by atoms with Gasteiger partial charge in [-0.15, -0.1) is 18.2 Å². The number of fused-ring (bicyclic) bond motifs is 4. The van der Waals surface area contributed by atoms with Gasteiger partial charge in [-0.1, -0.05) is 87.9 Å². The van der Waals surface area contributed by atoms with Crippen molar-refractivity contribution in [2.24, 2.45) is 11.8 Å². The fraction of sp³-hybridized carbons (Fsp3) is 0.368. The van der Waals surface area contributed by atoms with E-state index in [-0.39, 0.29) is 31.6 Å². The zero-order chi connectivity index (χ0) is 29.8. The van der Waals surface area contributed by atoms with E-state index in [9.17, 15) is 9.90 Å². The van der Waals surface area contributed by atoms with Crippen LogP contribution in [0.1, 0.15) is 83.3 Å². The summed E-state index contributed by atoms with van der Waals surface area (Å²) in [5, 5.41) is 14.0. The van der Waals surface area contributed by atoms with Gasteiger partial charge in [-0.2, -0.15) is 0 Å². The number of ketones is 1. The SMILES string of the molecule is CC(C)CC(=O)/C=C(\O)CC(C)C.Cc1cccc2c1oc1c(-c3nccc4cc(C5CCCC5)ccc34)[c-]ccc12.[Ir]. The van der Waals surface area contributed by atoms with Gasteiger partial charge in [-0.05, 0) is 71.2 Å². The van der Waals surface area contributed by atoms with Gasteiger partial charge in [0, 0.05) is 50.6 Å². The number of para-hydroxylation sites is 1. The zero-order valence-corrected chi connectivity index (χ0v) is 28.3. The molecular formula is C38H42IrNO3-. The molecule has 0 unspecified atom stereocenters. The molecule has 0 spiro atoms. The first-order valence-electron chi connectivity index (χ1n) is 15.3. The Hall–Kier alpha value is -3.27. The Morgan fingerprint density at radius 2 is 1.70 bits per heavy atom. The van der Waals surface area contributed by atoms with Crippen LogP contribution in [0.3, 0.4) is 0 Å². The molecule has 0 bridgehead atoms. The number of carbonyl (C=O) groups excluding carboxylic acids is 1. The van der Waals surface area contributed by atoms with Gasteiger partial charge in [0.05, 0.1) is 11.3 Å². The summed E-state index contributed by atoms with van der Waals surface area (Å²) in [5.74, 6) is 1.69. The third-order valence-corrected chi connectivity index (χ3v) is 8.06. The van der Waals surface area contributed by atoms with Crippen molar-refractivity contribution in [3.63, 3.8) is 0 Å². The van der Waals surface area contributed by atoms with E-state index in [1.165, 1.54) is 42.7 Å². The third-order valence-electron chi connectivity index (χ3n) is 8.06. The van der Waals surface area contributed by atoms with Crippen LogP contribution in [0.15, 0.2) is 77.0 Å². The van der Waals surface area contributed by atoms with Gasteiger partial charge in [0.25, 0.3) is 0 Å². The first-order chi connectivity index (χ1) is 20.2. The third kappa shape index (κ3) is 7.63. The molecule has 6 rings (SSSR count). The molecule has 4 nitrogen and oxygen atoms in total. The van der Waals surface area contributed by atoms with Crippen molar-refractivity contribution in [3.05, 3.63) is 89.8 Å². The number of aromatic nitrogens is 1. The van der Waals surface area contributed by atoms with Gasteiger partial charge in [-0.3, -0.25) is 4.79 Å². The maximum absolute atomic E-state index is 11.2. The van der Waals surface area contributed by atoms with Crippen LogP contribution in [0.25, 0.3) is 44.0 Å². The molecule has 5 heteroatoms. The van der Waals surface area contributed by atoms with Crippen molar-refractivity contribution in [1.29, 1.82) is 0 Å². The van der Waals surface area contributed by atoms with Gasteiger partial charge in [0.1, 0.15) is 5.58 Å². The number of benzene rings is 3. The molecular weight excluding hydrogens is 711 g/mol. The van der Waals surface area contributed by atoms with Crippen LogP contribution in [-0.4, -0.2) is 15.9 Å². The molecule has 5 aromatic rings. The summed E-state index contributed by atoms with van der Waals surface area (Å²) in [6.45, 7) is 10.1. The van der Waals surface area contributed by atoms with E-state index in [0.717, 1.165) is 44.1 Å². The normalized spacial score (nSPS) is 14.0. The van der Waals surface area contributed by atoms with Gasteiger partial charge >= 0.3 is 0 Å². The molecule has 3 aromatic carbocycles. The molecule has 1 aliphatic rings. The molecule has 1 radical (unpaired) electrons. The van der Waals surface area contributed by atoms with E-state index in [2.05, 4.69) is 61.5 Å². The van der Waals surface area contributed by atoms with E-state index in [1.54, 1.807) is 0 Å². The molecule has 227 valence electrons. The van der Waals surface area contributed by atoms with Crippen LogP contribution in [0.4, 0.5) is 0 Å². The summed E-state index contributed by atoms with van der Waals surface area (Å²) in [6, 6.07) is 22.8. The summed E-state index contributed by atoms with van der Waals surface area (Å²) in [7, 11) is 0. The number of hydrogen-bond acceptors (Lipinski definition) is 4. The predicted molar refractivity (Wildman–Crippen MR) is 174 cm³/mol. The first-order valence-corrected chi connectivity index (χ1v) is 15.3. The predicted octanol–water partition coefficient (Wildman–Crippen LogP) is 10.7. The molecule has 2 aromatic heterocycles. The quantitative estimate of drug-likeness (QED) is 0.102. The fourth-order valence-corrected chi connectivity index (χ4v) is 6.11. The number of aryl methyl sites for hydroxylation is 1. The van der Waals surface area contributed by atoms with E-state index in [0.29, 0.717) is 30.6 Å². The topological polar surface area (TPSA) is 63.3 Å². The zero-order valence-electron chi connectivity index (χ0n) is 25.9. The van der Waals surface area contributed by atoms with Gasteiger partial charge in [0.2, 0.25) is 0 Å². The van der Waals surface area contributed by atoms with Gasteiger partial charge in [0.15, 0.2) is 5.78 Å². The van der Waals surface area contributed by atoms with Crippen molar-refractivity contribution >= 4 is 38.5 Å². The second-order valence-electron chi connectivity index (χ2n) is 12.6. The molecule has 0 aliphatic heterocycles. The van der Waals surface area contributed by atoms with Crippen LogP contribution in [0.2, 0.25) is 0 Å². The molecule has 1 saturated carbocycles. The van der Waals surface area contributed by atoms with E-state index in [4.69, 9.17) is 9.40 Å². The monoisotopic (exact) mass is 753 g/mol. The Bertz CT molecular complexity index is 1740. The number of aliphatic hydroxyl groups is 1. The minimum absolute atomic E-state index is 0. The van der Waals surface area contributed by atoms with Crippen molar-refractivity contribution in [2.45, 2.75) is 79.1 Å². The Balaban J connectivity index is 0.000000260. The number of furan rings is 1. The standard InChI is InChI=1S/C27H22NO.C11H20O2.Ir/c1-17-6-4-9-22-23-10-5-11-24(27(23)29-26(17)22)25-21-13-12-19(18-7-2-3-8-18)16-20(21)14-15-28-25;1-8(2)5-10(12)7-11(13)6-9(3)4;/h4-6,9-10,12-16,18H,2-3,7-8H2,1H3;7-9,12H,5-6H2,1-4H3;/q-1;;/b;10-7-;. The number of rotatable bonds is 7. The van der Waals surface area contributed by atoms with Crippen LogP contribution in [0, 0.1) is 24.8 Å². The smallest absolute Gasteiger partial charge is 0.159 e. The van der Waals surface area contributed by atoms with Gasteiger partial charge < -0.3 is 14.5 Å². The van der Waals surface area contributed by atoms with E-state index < -0.39 is 0 Å². The number of nitrogens with zero attached hydrogens (tertiary/aromatic N) is 1. The molecule has 2 heterocycles. The fourth-order valence-electron chi connectivity index (χ4n) is 6.11. The largest absolute Gasteiger partial charge is 0.512 e. The molecule has 1 N–H and O–H groups in total. The van der Waals surface area contributed by atoms with Crippen molar-refractivity contribution in [3.8, 4) is 11.3 Å². The number of hydrogen-bond donors (Lipinski definition) is 1. The average molecular weight is 753 g/mol. The summed E-state index contributed by atoms with van der Waals surface area (Å²) >= 11 is 0. The second kappa shape index (κ2) is 14.5. The summed E-state index contributed by atoms with van der Waals surface area (Å²) in [4.78, 5) is 16.0. The summed E-state index contributed by atoms with van der Waals surface area (Å²) in [5.41, 5.74) is 6.33. The molecule has 0 atom stereocenters. The molecule has 1 aliphatic carbocycles. The Morgan fingerprint density at radius 1 is 0.977 bits per heavy atom. The maximum Gasteiger partial charge on any atom is 0.159 e. The molecule has 0 amide bonds. The van der Waals surface area contributed by atoms with Crippen molar-refractivity contribution < 1.29 is 34.4 Å². The van der Waals surface area contributed by atoms with E-state index in [1.807, 2.05) is 40.0 Å². The molecule has 1 fully saturated rings. The molecule has 0 saturated heterocycles. The maximum atomic E-state index is 11.2. The summed E-state index contributed by atoms with van der Waals surface area (Å²) < 4.78 is 6.35. The molecule has 43 heavy (non-hydrogen) atoms. The average Bonchev–Trinajstić information content (AvgIpc) is 3.61. The Kier molecular flexibility index (Phi) is 11.0. The Morgan fingerprint density at radius 3 is 2.42 bits per heavy atom. The van der Waals surface area contributed by atoms with Crippen molar-refractivity contribution in [1.82, 2.24) is 4.98 Å². The second-order valence-corrected chi connectivity index (χ2v) is 12.6. The summed E-state index contributed by atoms with van der Waals surface area (Å²) in [6.07, 6.45) is 9.71. The van der Waals surface area contributed by atoms with Crippen LogP contribution < -0.4 is 0 Å². The van der Waals surface area contributed by atoms with E-state index >= 15 is 0 Å². The minimum Gasteiger partial charge on any atom is -0.512 e. The Labute approximate surface area is 268 Å². The van der Waals surface area contributed by atoms with Crippen LogP contribution >= 0.6 is 0 Å². The van der Waals surface area contributed by atoms with Crippen LogP contribution in [0.5, 0.6) is 0 Å².